The Morgan fingerprint density at radius 2 is 1.78 bits per heavy atom. The van der Waals surface area contributed by atoms with Gasteiger partial charge in [0.2, 0.25) is 5.91 Å². The molecule has 4 heteroatoms. The van der Waals surface area contributed by atoms with Gasteiger partial charge in [-0.15, -0.1) is 0 Å². The summed E-state index contributed by atoms with van der Waals surface area (Å²) in [5.41, 5.74) is 0.0534. The largest absolute Gasteiger partial charge is 0.353 e. The van der Waals surface area contributed by atoms with Gasteiger partial charge < -0.3 is 5.32 Å². The van der Waals surface area contributed by atoms with Crippen molar-refractivity contribution in [1.29, 1.82) is 0 Å². The van der Waals surface area contributed by atoms with Crippen LogP contribution in [0.15, 0.2) is 0 Å². The topological polar surface area (TPSA) is 29.1 Å². The molecule has 2 fully saturated rings. The Balaban J connectivity index is 1.96. The lowest BCUT2D eigenvalue weighted by Crippen LogP contribution is -2.46. The summed E-state index contributed by atoms with van der Waals surface area (Å²) in [5.74, 6) is 0.884. The van der Waals surface area contributed by atoms with E-state index in [1.165, 1.54) is 6.42 Å². The molecule has 1 amide bonds. The van der Waals surface area contributed by atoms with Gasteiger partial charge in [-0.2, -0.15) is 0 Å². The second-order valence-corrected chi connectivity index (χ2v) is 11.1. The van der Waals surface area contributed by atoms with Gasteiger partial charge in [0.25, 0.3) is 0 Å². The maximum absolute atomic E-state index is 12.4. The monoisotopic (exact) mass is 379 g/mol. The number of alkyl halides is 2. The molecular formula is C14H23Br2NO. The molecule has 1 N–H and O–H groups in total. The van der Waals surface area contributed by atoms with Gasteiger partial charge >= 0.3 is 0 Å². The molecule has 2 aliphatic carbocycles. The van der Waals surface area contributed by atoms with Crippen LogP contribution in [0, 0.1) is 16.7 Å². The van der Waals surface area contributed by atoms with E-state index in [0.717, 1.165) is 19.3 Å². The summed E-state index contributed by atoms with van der Waals surface area (Å²) in [7, 11) is 0. The first-order valence-corrected chi connectivity index (χ1v) is 8.33. The van der Waals surface area contributed by atoms with Crippen molar-refractivity contribution in [3.05, 3.63) is 0 Å². The molecule has 2 rings (SSSR count). The zero-order chi connectivity index (χ0) is 13.8. The minimum absolute atomic E-state index is 0.186. The maximum atomic E-state index is 12.4. The van der Waals surface area contributed by atoms with E-state index in [1.54, 1.807) is 0 Å². The van der Waals surface area contributed by atoms with Gasteiger partial charge in [0.05, 0.1) is 8.65 Å². The number of hydrogen-bond donors (Lipinski definition) is 1. The third kappa shape index (κ3) is 2.79. The van der Waals surface area contributed by atoms with E-state index < -0.39 is 0 Å². The fraction of sp³-hybridized carbons (Fsp3) is 0.929. The number of rotatable bonds is 2. The molecule has 104 valence electrons. The summed E-state index contributed by atoms with van der Waals surface area (Å²) in [5, 5.41) is 3.26. The molecule has 2 aliphatic rings. The Kier molecular flexibility index (Phi) is 3.69. The normalized spacial score (nSPS) is 41.2. The van der Waals surface area contributed by atoms with E-state index in [0.29, 0.717) is 17.4 Å². The van der Waals surface area contributed by atoms with Gasteiger partial charge in [-0.1, -0.05) is 52.6 Å². The minimum atomic E-state index is -0.294. The molecule has 0 bridgehead atoms. The molecule has 18 heavy (non-hydrogen) atoms. The number of amides is 1. The van der Waals surface area contributed by atoms with Gasteiger partial charge in [-0.05, 0) is 43.9 Å². The Labute approximate surface area is 127 Å². The fourth-order valence-electron chi connectivity index (χ4n) is 3.45. The first-order valence-electron chi connectivity index (χ1n) is 6.75. The van der Waals surface area contributed by atoms with Crippen LogP contribution in [0.25, 0.3) is 0 Å². The summed E-state index contributed by atoms with van der Waals surface area (Å²) >= 11 is 7.13. The number of halogens is 2. The molecule has 0 aromatic carbocycles. The van der Waals surface area contributed by atoms with Crippen LogP contribution >= 0.6 is 31.9 Å². The van der Waals surface area contributed by atoms with E-state index in [4.69, 9.17) is 0 Å². The van der Waals surface area contributed by atoms with Gasteiger partial charge in [-0.3, -0.25) is 4.79 Å². The van der Waals surface area contributed by atoms with Crippen LogP contribution < -0.4 is 5.32 Å². The molecule has 2 saturated carbocycles. The summed E-state index contributed by atoms with van der Waals surface area (Å²) in [6.07, 6.45) is 4.33. The predicted molar refractivity (Wildman–Crippen MR) is 82.0 cm³/mol. The Morgan fingerprint density at radius 1 is 1.22 bits per heavy atom. The molecule has 0 heterocycles. The number of nitrogens with one attached hydrogen (secondary N) is 1. The third-order valence-electron chi connectivity index (χ3n) is 4.48. The van der Waals surface area contributed by atoms with Crippen molar-refractivity contribution < 1.29 is 4.79 Å². The molecule has 0 saturated heterocycles. The zero-order valence-electron chi connectivity index (χ0n) is 11.6. The summed E-state index contributed by atoms with van der Waals surface area (Å²) in [6.45, 7) is 8.92. The van der Waals surface area contributed by atoms with Crippen LogP contribution in [0.3, 0.4) is 0 Å². The second-order valence-electron chi connectivity index (χ2n) is 7.30. The zero-order valence-corrected chi connectivity index (χ0v) is 14.8. The summed E-state index contributed by atoms with van der Waals surface area (Å²) in [6, 6.07) is 0.337. The van der Waals surface area contributed by atoms with Gasteiger partial charge in [0.1, 0.15) is 0 Å². The molecule has 0 radical (unpaired) electrons. The van der Waals surface area contributed by atoms with Crippen molar-refractivity contribution in [3.63, 3.8) is 0 Å². The van der Waals surface area contributed by atoms with E-state index in [1.807, 2.05) is 6.92 Å². The molecule has 0 aromatic rings. The highest BCUT2D eigenvalue weighted by Gasteiger charge is 2.66. The van der Waals surface area contributed by atoms with E-state index in [2.05, 4.69) is 57.9 Å². The first-order chi connectivity index (χ1) is 8.06. The van der Waals surface area contributed by atoms with Crippen molar-refractivity contribution in [2.75, 3.05) is 0 Å². The fourth-order valence-corrected chi connectivity index (χ4v) is 4.93. The van der Waals surface area contributed by atoms with Crippen molar-refractivity contribution in [3.8, 4) is 0 Å². The average Bonchev–Trinajstić information content (AvgIpc) is 2.63. The minimum Gasteiger partial charge on any atom is -0.353 e. The molecular weight excluding hydrogens is 358 g/mol. The molecule has 2 nitrogen and oxygen atoms in total. The van der Waals surface area contributed by atoms with Crippen LogP contribution in [-0.2, 0) is 4.79 Å². The van der Waals surface area contributed by atoms with Gasteiger partial charge in [0.15, 0.2) is 0 Å². The first kappa shape index (κ1) is 14.8. The highest BCUT2D eigenvalue weighted by atomic mass is 79.9. The quantitative estimate of drug-likeness (QED) is 0.714. The maximum Gasteiger partial charge on any atom is 0.228 e. The highest BCUT2D eigenvalue weighted by Crippen LogP contribution is 2.66. The van der Waals surface area contributed by atoms with Crippen LogP contribution in [0.1, 0.15) is 53.4 Å². The van der Waals surface area contributed by atoms with Crippen LogP contribution in [0.2, 0.25) is 0 Å². The Hall–Kier alpha value is 0.430. The summed E-state index contributed by atoms with van der Waals surface area (Å²) in [4.78, 5) is 12.4. The van der Waals surface area contributed by atoms with Gasteiger partial charge in [-0.25, -0.2) is 0 Å². The van der Waals surface area contributed by atoms with Crippen molar-refractivity contribution in [1.82, 2.24) is 5.32 Å². The number of carbonyl (C=O) groups is 1. The molecule has 0 unspecified atom stereocenters. The van der Waals surface area contributed by atoms with Crippen molar-refractivity contribution >= 4 is 37.8 Å². The SMILES string of the molecule is C[C@H]1C[C@@H](NC(=O)[C@@]2(C)CC2(Br)Br)CC(C)(C)C1. The molecule has 3 atom stereocenters. The van der Waals surface area contributed by atoms with Crippen LogP contribution in [0.4, 0.5) is 0 Å². The van der Waals surface area contributed by atoms with Crippen molar-refractivity contribution in [2.45, 2.75) is 62.7 Å². The van der Waals surface area contributed by atoms with E-state index in [-0.39, 0.29) is 14.6 Å². The van der Waals surface area contributed by atoms with Crippen LogP contribution in [0.5, 0.6) is 0 Å². The third-order valence-corrected chi connectivity index (χ3v) is 6.79. The lowest BCUT2D eigenvalue weighted by Gasteiger charge is -2.39. The van der Waals surface area contributed by atoms with Gasteiger partial charge in [0, 0.05) is 6.04 Å². The molecule has 0 aliphatic heterocycles. The Morgan fingerprint density at radius 3 is 2.22 bits per heavy atom. The van der Waals surface area contributed by atoms with Crippen LogP contribution in [-0.4, -0.2) is 15.2 Å². The smallest absolute Gasteiger partial charge is 0.228 e. The molecule has 0 spiro atoms. The van der Waals surface area contributed by atoms with E-state index >= 15 is 0 Å². The van der Waals surface area contributed by atoms with E-state index in [9.17, 15) is 4.79 Å². The number of carbonyl (C=O) groups excluding carboxylic acids is 1. The molecule has 0 aromatic heterocycles. The number of hydrogen-bond acceptors (Lipinski definition) is 1. The lowest BCUT2D eigenvalue weighted by molar-refractivity contribution is -0.127. The summed E-state index contributed by atoms with van der Waals surface area (Å²) < 4.78 is -0.188. The average molecular weight is 381 g/mol. The standard InChI is InChI=1S/C14H23Br2NO/c1-9-5-10(7-12(2,3)6-9)17-11(18)13(4)8-14(13,15)16/h9-10H,5-8H2,1-4H3,(H,17,18)/t9-,10+,13+/m0/s1. The predicted octanol–water partition coefficient (Wildman–Crippen LogP) is 4.21. The second kappa shape index (κ2) is 4.47. The van der Waals surface area contributed by atoms with Crippen molar-refractivity contribution in [2.24, 2.45) is 16.7 Å². The lowest BCUT2D eigenvalue weighted by atomic mass is 9.70. The Bertz CT molecular complexity index is 367. The highest BCUT2D eigenvalue weighted by molar-refractivity contribution is 9.25.